The number of carboxylic acids is 2. The summed E-state index contributed by atoms with van der Waals surface area (Å²) in [5.41, 5.74) is 2.62. The van der Waals surface area contributed by atoms with Crippen molar-refractivity contribution in [1.82, 2.24) is 14.8 Å². The molecule has 0 unspecified atom stereocenters. The quantitative estimate of drug-likeness (QED) is 0.720. The van der Waals surface area contributed by atoms with Gasteiger partial charge in [0.25, 0.3) is 0 Å². The molecule has 0 saturated carbocycles. The first-order chi connectivity index (χ1) is 14.0. The summed E-state index contributed by atoms with van der Waals surface area (Å²) in [7, 11) is 2.26. The number of pyridine rings is 1. The molecule has 156 valence electrons. The van der Waals surface area contributed by atoms with Crippen LogP contribution in [0, 0.1) is 0 Å². The van der Waals surface area contributed by atoms with Crippen molar-refractivity contribution in [3.63, 3.8) is 0 Å². The Hall–Kier alpha value is -2.77. The first-order valence-corrected chi connectivity index (χ1v) is 9.78. The molecular weight excluding hydrogens is 370 g/mol. The molecule has 0 radical (unpaired) electrons. The smallest absolute Gasteiger partial charge is 0.414 e. The summed E-state index contributed by atoms with van der Waals surface area (Å²) in [6.07, 6.45) is 5.47. The summed E-state index contributed by atoms with van der Waals surface area (Å²) < 4.78 is 0. The fraction of sp³-hybridized carbons (Fsp3) is 0.409. The molecule has 1 aromatic heterocycles. The van der Waals surface area contributed by atoms with Gasteiger partial charge in [-0.05, 0) is 50.7 Å². The lowest BCUT2D eigenvalue weighted by Crippen LogP contribution is -2.43. The Kier molecular flexibility index (Phi) is 9.27. The van der Waals surface area contributed by atoms with Gasteiger partial charge < -0.3 is 15.1 Å². The lowest BCUT2D eigenvalue weighted by atomic mass is 10.0. The van der Waals surface area contributed by atoms with E-state index in [2.05, 4.69) is 64.3 Å². The summed E-state index contributed by atoms with van der Waals surface area (Å²) in [5, 5.41) is 14.8. The second-order valence-electron chi connectivity index (χ2n) is 7.15. The Bertz CT molecular complexity index is 735. The normalized spacial score (nSPS) is 14.8. The number of nitrogens with zero attached hydrogens (tertiary/aromatic N) is 3. The van der Waals surface area contributed by atoms with Gasteiger partial charge >= 0.3 is 11.9 Å². The minimum Gasteiger partial charge on any atom is -0.473 e. The average Bonchev–Trinajstić information content (AvgIpc) is 2.74. The third-order valence-corrected chi connectivity index (χ3v) is 5.06. The third kappa shape index (κ3) is 8.41. The molecule has 2 heterocycles. The first-order valence-electron chi connectivity index (χ1n) is 9.78. The number of carbonyl (C=O) groups is 2. The molecule has 0 bridgehead atoms. The van der Waals surface area contributed by atoms with Gasteiger partial charge in [-0.3, -0.25) is 9.88 Å². The predicted octanol–water partition coefficient (Wildman–Crippen LogP) is 2.38. The molecule has 1 fully saturated rings. The molecule has 0 atom stereocenters. The van der Waals surface area contributed by atoms with E-state index in [1.807, 2.05) is 12.3 Å². The maximum absolute atomic E-state index is 9.10. The second kappa shape index (κ2) is 11.9. The maximum atomic E-state index is 9.10. The van der Waals surface area contributed by atoms with E-state index in [1.165, 1.54) is 37.2 Å². The molecule has 1 aliphatic rings. The van der Waals surface area contributed by atoms with Crippen molar-refractivity contribution >= 4 is 11.9 Å². The van der Waals surface area contributed by atoms with E-state index >= 15 is 0 Å². The molecule has 3 rings (SSSR count). The van der Waals surface area contributed by atoms with Crippen LogP contribution in [-0.4, -0.2) is 69.7 Å². The number of rotatable bonds is 6. The van der Waals surface area contributed by atoms with Crippen LogP contribution in [0.1, 0.15) is 24.1 Å². The van der Waals surface area contributed by atoms with Gasteiger partial charge in [0, 0.05) is 37.4 Å². The average molecular weight is 399 g/mol. The highest BCUT2D eigenvalue weighted by Gasteiger charge is 2.22. The van der Waals surface area contributed by atoms with Gasteiger partial charge in [0.2, 0.25) is 0 Å². The predicted molar refractivity (Wildman–Crippen MR) is 111 cm³/mol. The molecule has 1 saturated heterocycles. The highest BCUT2D eigenvalue weighted by molar-refractivity contribution is 6.27. The zero-order valence-corrected chi connectivity index (χ0v) is 16.8. The van der Waals surface area contributed by atoms with Gasteiger partial charge in [-0.15, -0.1) is 0 Å². The Labute approximate surface area is 171 Å². The number of piperidine rings is 1. The molecule has 0 spiro atoms. The van der Waals surface area contributed by atoms with Gasteiger partial charge in [0.1, 0.15) is 0 Å². The first kappa shape index (κ1) is 22.5. The number of aromatic nitrogens is 1. The molecule has 1 aliphatic heterocycles. The lowest BCUT2D eigenvalue weighted by Gasteiger charge is -2.36. The lowest BCUT2D eigenvalue weighted by molar-refractivity contribution is -0.159. The Morgan fingerprint density at radius 3 is 2.21 bits per heavy atom. The molecule has 0 aliphatic carbocycles. The summed E-state index contributed by atoms with van der Waals surface area (Å²) in [6, 6.07) is 17.7. The van der Waals surface area contributed by atoms with Crippen LogP contribution >= 0.6 is 0 Å². The van der Waals surface area contributed by atoms with Crippen LogP contribution in [0.3, 0.4) is 0 Å². The molecule has 0 amide bonds. The van der Waals surface area contributed by atoms with E-state index in [9.17, 15) is 0 Å². The molecule has 2 N–H and O–H groups in total. The summed E-state index contributed by atoms with van der Waals surface area (Å²) in [4.78, 5) is 27.7. The van der Waals surface area contributed by atoms with Crippen LogP contribution in [0.2, 0.25) is 0 Å². The Morgan fingerprint density at radius 2 is 1.66 bits per heavy atom. The maximum Gasteiger partial charge on any atom is 0.414 e. The van der Waals surface area contributed by atoms with Gasteiger partial charge in [-0.2, -0.15) is 0 Å². The van der Waals surface area contributed by atoms with E-state index in [0.29, 0.717) is 6.04 Å². The van der Waals surface area contributed by atoms with Gasteiger partial charge in [0.05, 0.1) is 0 Å². The zero-order valence-electron chi connectivity index (χ0n) is 16.8. The van der Waals surface area contributed by atoms with Crippen molar-refractivity contribution in [2.24, 2.45) is 0 Å². The number of likely N-dealkylation sites (N-methyl/N-ethyl adjacent to an activating group) is 1. The van der Waals surface area contributed by atoms with Crippen molar-refractivity contribution in [3.8, 4) is 0 Å². The fourth-order valence-electron chi connectivity index (χ4n) is 3.38. The van der Waals surface area contributed by atoms with Crippen molar-refractivity contribution < 1.29 is 19.8 Å². The molecule has 7 nitrogen and oxygen atoms in total. The van der Waals surface area contributed by atoms with Crippen molar-refractivity contribution in [3.05, 3.63) is 66.0 Å². The number of hydrogen-bond acceptors (Lipinski definition) is 5. The van der Waals surface area contributed by atoms with Crippen LogP contribution in [-0.2, 0) is 22.6 Å². The largest absolute Gasteiger partial charge is 0.473 e. The highest BCUT2D eigenvalue weighted by Crippen LogP contribution is 2.17. The van der Waals surface area contributed by atoms with Crippen molar-refractivity contribution in [1.29, 1.82) is 0 Å². The minimum atomic E-state index is -1.82. The third-order valence-electron chi connectivity index (χ3n) is 5.06. The Morgan fingerprint density at radius 1 is 1.03 bits per heavy atom. The highest BCUT2D eigenvalue weighted by atomic mass is 16.4. The standard InChI is InChI=1S/C20H27N3.C2H2O4/c1-22(14-10-19-9-5-6-13-21-19)20-11-15-23(16-12-20)17-18-7-3-2-4-8-18;3-1(4)2(5)6/h2-9,13,20H,10-12,14-17H2,1H3;(H,3,4)(H,5,6). The van der Waals surface area contributed by atoms with E-state index < -0.39 is 11.9 Å². The van der Waals surface area contributed by atoms with Gasteiger partial charge in [-0.25, -0.2) is 9.59 Å². The summed E-state index contributed by atoms with van der Waals surface area (Å²) in [6.45, 7) is 4.59. The topological polar surface area (TPSA) is 94.0 Å². The summed E-state index contributed by atoms with van der Waals surface area (Å²) >= 11 is 0. The number of aliphatic carboxylic acids is 2. The molecule has 2 aromatic rings. The van der Waals surface area contributed by atoms with Crippen LogP contribution in [0.25, 0.3) is 0 Å². The van der Waals surface area contributed by atoms with Crippen LogP contribution < -0.4 is 0 Å². The summed E-state index contributed by atoms with van der Waals surface area (Å²) in [5.74, 6) is -3.65. The van der Waals surface area contributed by atoms with Crippen molar-refractivity contribution in [2.75, 3.05) is 26.7 Å². The zero-order chi connectivity index (χ0) is 21.1. The van der Waals surface area contributed by atoms with E-state index in [-0.39, 0.29) is 0 Å². The van der Waals surface area contributed by atoms with Crippen molar-refractivity contribution in [2.45, 2.75) is 31.8 Å². The number of hydrogen-bond donors (Lipinski definition) is 2. The number of carboxylic acid groups (broad SMARTS) is 2. The monoisotopic (exact) mass is 399 g/mol. The fourth-order valence-corrected chi connectivity index (χ4v) is 3.38. The SMILES string of the molecule is CN(CCc1ccccn1)C1CCN(Cc2ccccc2)CC1.O=C(O)C(=O)O. The van der Waals surface area contributed by atoms with Crippen LogP contribution in [0.4, 0.5) is 0 Å². The molecule has 29 heavy (non-hydrogen) atoms. The minimum absolute atomic E-state index is 0.714. The number of likely N-dealkylation sites (tertiary alicyclic amines) is 1. The Balaban J connectivity index is 0.000000438. The van der Waals surface area contributed by atoms with Crippen LogP contribution in [0.15, 0.2) is 54.7 Å². The van der Waals surface area contributed by atoms with E-state index in [1.54, 1.807) is 0 Å². The van der Waals surface area contributed by atoms with Gasteiger partial charge in [-0.1, -0.05) is 36.4 Å². The van der Waals surface area contributed by atoms with E-state index in [0.717, 1.165) is 19.5 Å². The van der Waals surface area contributed by atoms with E-state index in [4.69, 9.17) is 19.8 Å². The van der Waals surface area contributed by atoms with Gasteiger partial charge in [0.15, 0.2) is 0 Å². The van der Waals surface area contributed by atoms with Crippen LogP contribution in [0.5, 0.6) is 0 Å². The second-order valence-corrected chi connectivity index (χ2v) is 7.15. The molecular formula is C22H29N3O4. The molecule has 1 aromatic carbocycles. The molecule has 7 heteroatoms. The number of benzene rings is 1.